The molecule has 0 aromatic rings. The van der Waals surface area contributed by atoms with Crippen molar-refractivity contribution in [1.29, 1.82) is 0 Å². The Bertz CT molecular complexity index is 186. The van der Waals surface area contributed by atoms with E-state index in [0.717, 1.165) is 12.1 Å². The van der Waals surface area contributed by atoms with Crippen molar-refractivity contribution in [2.75, 3.05) is 6.61 Å². The minimum absolute atomic E-state index is 0.495. The van der Waals surface area contributed by atoms with E-state index in [9.17, 15) is 0 Å². The second-order valence-corrected chi connectivity index (χ2v) is 2.65. The van der Waals surface area contributed by atoms with E-state index in [1.54, 1.807) is 0 Å². The molecule has 0 spiro atoms. The molecule has 10 heavy (non-hydrogen) atoms. The first-order chi connectivity index (χ1) is 4.74. The van der Waals surface area contributed by atoms with Gasteiger partial charge in [0.1, 0.15) is 6.61 Å². The molecule has 2 nitrogen and oxygen atoms in total. The molecular weight excluding hydrogens is 146 g/mol. The lowest BCUT2D eigenvalue weighted by Crippen LogP contribution is -2.29. The van der Waals surface area contributed by atoms with Crippen LogP contribution in [0.25, 0.3) is 0 Å². The Morgan fingerprint density at radius 1 is 1.70 bits per heavy atom. The summed E-state index contributed by atoms with van der Waals surface area (Å²) in [5.41, 5.74) is 2.45. The first-order valence-corrected chi connectivity index (χ1v) is 3.77. The zero-order valence-corrected chi connectivity index (χ0v) is 7.05. The molecule has 0 radical (unpaired) electrons. The van der Waals surface area contributed by atoms with Crippen molar-refractivity contribution in [3.8, 4) is 0 Å². The quantitative estimate of drug-likeness (QED) is 0.584. The zero-order valence-electron chi connectivity index (χ0n) is 6.23. The molecule has 0 aromatic carbocycles. The minimum atomic E-state index is 0.495. The van der Waals surface area contributed by atoms with Gasteiger partial charge in [0.2, 0.25) is 0 Å². The molecule has 0 aliphatic carbocycles. The van der Waals surface area contributed by atoms with Crippen molar-refractivity contribution in [2.45, 2.75) is 20.3 Å². The molecule has 1 rings (SSSR count). The second kappa shape index (κ2) is 3.01. The van der Waals surface area contributed by atoms with E-state index >= 15 is 0 Å². The van der Waals surface area contributed by atoms with Crippen LogP contribution < -0.4 is 5.32 Å². The van der Waals surface area contributed by atoms with Gasteiger partial charge >= 0.3 is 0 Å². The van der Waals surface area contributed by atoms with Crippen molar-refractivity contribution in [3.05, 3.63) is 11.3 Å². The first kappa shape index (κ1) is 7.54. The molecule has 0 aromatic heterocycles. The van der Waals surface area contributed by atoms with E-state index in [4.69, 9.17) is 17.0 Å². The lowest BCUT2D eigenvalue weighted by Gasteiger charge is -2.19. The Balaban J connectivity index is 2.70. The molecule has 0 fully saturated rings. The van der Waals surface area contributed by atoms with Crippen molar-refractivity contribution in [3.63, 3.8) is 0 Å². The van der Waals surface area contributed by atoms with Crippen LogP contribution in [0.2, 0.25) is 0 Å². The third-order valence-electron chi connectivity index (χ3n) is 1.62. The highest BCUT2D eigenvalue weighted by Crippen LogP contribution is 2.10. The van der Waals surface area contributed by atoms with Crippen molar-refractivity contribution < 1.29 is 4.74 Å². The number of hydrogen-bond donors (Lipinski definition) is 1. The van der Waals surface area contributed by atoms with Crippen LogP contribution in [0.15, 0.2) is 11.3 Å². The van der Waals surface area contributed by atoms with E-state index in [0.29, 0.717) is 11.8 Å². The largest absolute Gasteiger partial charge is 0.466 e. The Morgan fingerprint density at radius 2 is 2.40 bits per heavy atom. The SMILES string of the molecule is CCC1=C(C)NC(=S)OC1. The van der Waals surface area contributed by atoms with Crippen LogP contribution >= 0.6 is 12.2 Å². The molecule has 0 bridgehead atoms. The molecule has 0 saturated carbocycles. The number of rotatable bonds is 1. The fourth-order valence-corrected chi connectivity index (χ4v) is 1.12. The van der Waals surface area contributed by atoms with E-state index in [1.165, 1.54) is 5.57 Å². The maximum absolute atomic E-state index is 5.11. The molecule has 56 valence electrons. The normalized spacial score (nSPS) is 18.4. The molecule has 1 heterocycles. The molecule has 1 N–H and O–H groups in total. The summed E-state index contributed by atoms with van der Waals surface area (Å²) in [7, 11) is 0. The molecule has 1 aliphatic heterocycles. The van der Waals surface area contributed by atoms with Gasteiger partial charge in [0, 0.05) is 5.70 Å². The standard InChI is InChI=1S/C7H11NOS/c1-3-6-4-9-7(10)8-5(6)2/h3-4H2,1-2H3,(H,8,10). The van der Waals surface area contributed by atoms with Gasteiger partial charge in [0.15, 0.2) is 0 Å². The van der Waals surface area contributed by atoms with Crippen LogP contribution in [-0.4, -0.2) is 11.8 Å². The molecule has 1 aliphatic rings. The zero-order chi connectivity index (χ0) is 7.56. The summed E-state index contributed by atoms with van der Waals surface area (Å²) in [5, 5.41) is 3.46. The first-order valence-electron chi connectivity index (χ1n) is 3.36. The highest BCUT2D eigenvalue weighted by atomic mass is 32.1. The Hall–Kier alpha value is -0.570. The van der Waals surface area contributed by atoms with Gasteiger partial charge in [-0.3, -0.25) is 0 Å². The molecule has 0 atom stereocenters. The topological polar surface area (TPSA) is 21.3 Å². The summed E-state index contributed by atoms with van der Waals surface area (Å²) in [6.07, 6.45) is 1.03. The maximum atomic E-state index is 5.11. The van der Waals surface area contributed by atoms with Gasteiger partial charge in [-0.2, -0.15) is 0 Å². The summed E-state index contributed by atoms with van der Waals surface area (Å²) < 4.78 is 5.11. The summed E-state index contributed by atoms with van der Waals surface area (Å²) in [6, 6.07) is 0. The van der Waals surface area contributed by atoms with E-state index in [2.05, 4.69) is 12.2 Å². The highest BCUT2D eigenvalue weighted by molar-refractivity contribution is 7.80. The fraction of sp³-hybridized carbons (Fsp3) is 0.571. The average Bonchev–Trinajstić information content (AvgIpc) is 1.88. The van der Waals surface area contributed by atoms with Crippen LogP contribution in [0, 0.1) is 0 Å². The van der Waals surface area contributed by atoms with E-state index in [1.807, 2.05) is 6.92 Å². The lowest BCUT2D eigenvalue weighted by molar-refractivity contribution is 0.317. The van der Waals surface area contributed by atoms with Crippen molar-refractivity contribution in [1.82, 2.24) is 5.32 Å². The minimum Gasteiger partial charge on any atom is -0.466 e. The molecule has 3 heteroatoms. The summed E-state index contributed by atoms with van der Waals surface area (Å²) >= 11 is 4.82. The van der Waals surface area contributed by atoms with E-state index in [-0.39, 0.29) is 0 Å². The van der Waals surface area contributed by atoms with Gasteiger partial charge < -0.3 is 10.1 Å². The fourth-order valence-electron chi connectivity index (χ4n) is 0.906. The predicted octanol–water partition coefficient (Wildman–Crippen LogP) is 1.58. The van der Waals surface area contributed by atoms with Crippen LogP contribution in [0.3, 0.4) is 0 Å². The third kappa shape index (κ3) is 1.48. The van der Waals surface area contributed by atoms with Crippen LogP contribution in [0.5, 0.6) is 0 Å². The number of ether oxygens (including phenoxy) is 1. The predicted molar refractivity (Wildman–Crippen MR) is 44.7 cm³/mol. The summed E-state index contributed by atoms with van der Waals surface area (Å²) in [4.78, 5) is 0. The van der Waals surface area contributed by atoms with Gasteiger partial charge in [0.25, 0.3) is 5.17 Å². The van der Waals surface area contributed by atoms with Crippen molar-refractivity contribution in [2.24, 2.45) is 0 Å². The molecule has 0 unspecified atom stereocenters. The highest BCUT2D eigenvalue weighted by Gasteiger charge is 2.10. The molecular formula is C7H11NOS. The number of allylic oxidation sites excluding steroid dienone is 1. The Labute approximate surface area is 66.3 Å². The monoisotopic (exact) mass is 157 g/mol. The molecule has 0 saturated heterocycles. The van der Waals surface area contributed by atoms with Crippen LogP contribution in [0.1, 0.15) is 20.3 Å². The Morgan fingerprint density at radius 3 is 2.90 bits per heavy atom. The van der Waals surface area contributed by atoms with Crippen LogP contribution in [-0.2, 0) is 4.74 Å². The smallest absolute Gasteiger partial charge is 0.261 e. The Kier molecular flexibility index (Phi) is 2.27. The van der Waals surface area contributed by atoms with Gasteiger partial charge in [0.05, 0.1) is 0 Å². The maximum Gasteiger partial charge on any atom is 0.261 e. The molecule has 0 amide bonds. The van der Waals surface area contributed by atoms with Gasteiger partial charge in [-0.25, -0.2) is 0 Å². The lowest BCUT2D eigenvalue weighted by atomic mass is 10.1. The number of nitrogens with one attached hydrogen (secondary N) is 1. The summed E-state index contributed by atoms with van der Waals surface area (Å²) in [6.45, 7) is 4.79. The second-order valence-electron chi connectivity index (χ2n) is 2.28. The average molecular weight is 157 g/mol. The number of thiocarbonyl (C=S) groups is 1. The van der Waals surface area contributed by atoms with Crippen LogP contribution in [0.4, 0.5) is 0 Å². The third-order valence-corrected chi connectivity index (χ3v) is 1.84. The number of hydrogen-bond acceptors (Lipinski definition) is 2. The van der Waals surface area contributed by atoms with Gasteiger partial charge in [-0.05, 0) is 31.1 Å². The van der Waals surface area contributed by atoms with E-state index < -0.39 is 0 Å². The summed E-state index contributed by atoms with van der Waals surface area (Å²) in [5.74, 6) is 0. The van der Waals surface area contributed by atoms with Crippen molar-refractivity contribution >= 4 is 17.4 Å². The van der Waals surface area contributed by atoms with Gasteiger partial charge in [-0.15, -0.1) is 0 Å². The van der Waals surface area contributed by atoms with Gasteiger partial charge in [-0.1, -0.05) is 6.92 Å².